The van der Waals surface area contributed by atoms with E-state index >= 15 is 0 Å². The summed E-state index contributed by atoms with van der Waals surface area (Å²) in [7, 11) is -4.33. The minimum Gasteiger partial charge on any atom is -0.494 e. The molecule has 0 fully saturated rings. The maximum atomic E-state index is 12.4. The molecule has 7 heteroatoms. The Bertz CT molecular complexity index is 770. The highest BCUT2D eigenvalue weighted by atomic mass is 31.2. The zero-order valence-corrected chi connectivity index (χ0v) is 22.3. The second kappa shape index (κ2) is 17.3. The first kappa shape index (κ1) is 29.1. The van der Waals surface area contributed by atoms with E-state index in [2.05, 4.69) is 13.8 Å². The van der Waals surface area contributed by atoms with Crippen molar-refractivity contribution in [2.45, 2.75) is 90.9 Å². The predicted octanol–water partition coefficient (Wildman–Crippen LogP) is 8.72. The summed E-state index contributed by atoms with van der Waals surface area (Å²) in [4.78, 5) is 10.1. The maximum absolute atomic E-state index is 12.4. The lowest BCUT2D eigenvalue weighted by atomic mass is 10.1. The van der Waals surface area contributed by atoms with Gasteiger partial charge >= 0.3 is 7.82 Å². The van der Waals surface area contributed by atoms with Crippen molar-refractivity contribution in [1.29, 1.82) is 0 Å². The molecule has 0 saturated carbocycles. The summed E-state index contributed by atoms with van der Waals surface area (Å²) < 4.78 is 34.3. The number of hydrogen-bond acceptors (Lipinski definition) is 5. The second-order valence-electron chi connectivity index (χ2n) is 8.83. The maximum Gasteiger partial charge on any atom is 0.584 e. The fourth-order valence-electron chi connectivity index (χ4n) is 3.62. The highest BCUT2D eigenvalue weighted by molar-refractivity contribution is 7.48. The summed E-state index contributed by atoms with van der Waals surface area (Å²) in [6.07, 6.45) is 14.5. The molecule has 196 valence electrons. The molecule has 0 spiro atoms. The molecule has 0 aliphatic rings. The molecule has 0 bridgehead atoms. The second-order valence-corrected chi connectivity index (χ2v) is 10.1. The van der Waals surface area contributed by atoms with Gasteiger partial charge in [0.05, 0.1) is 13.2 Å². The molecule has 0 saturated heterocycles. The summed E-state index contributed by atoms with van der Waals surface area (Å²) in [6.45, 7) is 5.74. The van der Waals surface area contributed by atoms with Crippen molar-refractivity contribution in [3.05, 3.63) is 48.5 Å². The van der Waals surface area contributed by atoms with Crippen molar-refractivity contribution in [3.8, 4) is 23.0 Å². The van der Waals surface area contributed by atoms with E-state index in [1.165, 1.54) is 64.2 Å². The molecule has 0 unspecified atom stereocenters. The third-order valence-corrected chi connectivity index (χ3v) is 6.51. The van der Waals surface area contributed by atoms with Crippen molar-refractivity contribution in [2.75, 3.05) is 13.2 Å². The van der Waals surface area contributed by atoms with Gasteiger partial charge in [0.15, 0.2) is 0 Å². The van der Waals surface area contributed by atoms with Gasteiger partial charge in [-0.15, -0.1) is 0 Å². The molecule has 0 aromatic heterocycles. The molecule has 1 N–H and O–H groups in total. The first-order valence-electron chi connectivity index (χ1n) is 13.2. The molecule has 0 heterocycles. The van der Waals surface area contributed by atoms with Crippen LogP contribution < -0.4 is 18.5 Å². The van der Waals surface area contributed by atoms with Gasteiger partial charge in [-0.3, -0.25) is 4.89 Å². The molecule has 6 nitrogen and oxygen atoms in total. The minimum atomic E-state index is -4.33. The Kier molecular flexibility index (Phi) is 14.4. The van der Waals surface area contributed by atoms with Gasteiger partial charge in [0.1, 0.15) is 23.0 Å². The smallest absolute Gasteiger partial charge is 0.494 e. The third-order valence-electron chi connectivity index (χ3n) is 5.62. The van der Waals surface area contributed by atoms with Crippen molar-refractivity contribution >= 4 is 7.82 Å². The molecule has 2 rings (SSSR count). The van der Waals surface area contributed by atoms with Crippen LogP contribution in [0.4, 0.5) is 0 Å². The van der Waals surface area contributed by atoms with E-state index in [1.54, 1.807) is 48.5 Å². The van der Waals surface area contributed by atoms with Crippen LogP contribution in [-0.2, 0) is 4.57 Å². The molecule has 0 radical (unpaired) electrons. The van der Waals surface area contributed by atoms with Crippen LogP contribution in [0.2, 0.25) is 0 Å². The molecular formula is C28H43O6P. The van der Waals surface area contributed by atoms with Crippen molar-refractivity contribution in [1.82, 2.24) is 0 Å². The largest absolute Gasteiger partial charge is 0.584 e. The number of phosphoric ester groups is 1. The van der Waals surface area contributed by atoms with Crippen molar-refractivity contribution < 1.29 is 28.0 Å². The van der Waals surface area contributed by atoms with E-state index in [9.17, 15) is 9.46 Å². The zero-order chi connectivity index (χ0) is 25.2. The number of benzene rings is 2. The normalized spacial score (nSPS) is 11.3. The predicted molar refractivity (Wildman–Crippen MR) is 142 cm³/mol. The molecule has 2 aromatic carbocycles. The van der Waals surface area contributed by atoms with E-state index in [0.717, 1.165) is 12.8 Å². The minimum absolute atomic E-state index is 0.238. The summed E-state index contributed by atoms with van der Waals surface area (Å²) in [6, 6.07) is 13.3. The highest BCUT2D eigenvalue weighted by Crippen LogP contribution is 2.44. The van der Waals surface area contributed by atoms with Gasteiger partial charge in [-0.1, -0.05) is 78.1 Å². The zero-order valence-electron chi connectivity index (χ0n) is 21.5. The van der Waals surface area contributed by atoms with Crippen molar-refractivity contribution in [3.63, 3.8) is 0 Å². The Labute approximate surface area is 211 Å². The first-order chi connectivity index (χ1) is 17.0. The molecular weight excluding hydrogens is 463 g/mol. The number of rotatable bonds is 20. The Hall–Kier alpha value is -2.17. The standard InChI is InChI=1S/C28H43O6P/c1-3-5-7-9-11-13-23-31-25-15-19-27(20-16-25)33-35(29,30)34-28-21-17-26(18-22-28)32-24-14-12-10-8-6-4-2/h15-22H,3-14,23-24H2,1-2H3,(H,29,30). The topological polar surface area (TPSA) is 74.2 Å². The van der Waals surface area contributed by atoms with Crippen molar-refractivity contribution in [2.24, 2.45) is 0 Å². The van der Waals surface area contributed by atoms with E-state index in [1.807, 2.05) is 0 Å². The van der Waals surface area contributed by atoms with Gasteiger partial charge in [0, 0.05) is 0 Å². The van der Waals surface area contributed by atoms with Crippen LogP contribution in [0.3, 0.4) is 0 Å². The van der Waals surface area contributed by atoms with Crippen LogP contribution in [0, 0.1) is 0 Å². The Balaban J connectivity index is 1.68. The fourth-order valence-corrected chi connectivity index (χ4v) is 4.44. The van der Waals surface area contributed by atoms with Crippen LogP contribution in [0.5, 0.6) is 23.0 Å². The van der Waals surface area contributed by atoms with Crippen LogP contribution in [-0.4, -0.2) is 18.1 Å². The number of unbranched alkanes of at least 4 members (excludes halogenated alkanes) is 10. The van der Waals surface area contributed by atoms with Crippen LogP contribution in [0.15, 0.2) is 48.5 Å². The lowest BCUT2D eigenvalue weighted by Crippen LogP contribution is -2.01. The molecule has 0 aliphatic heterocycles. The molecule has 0 amide bonds. The number of phosphoric acid groups is 1. The van der Waals surface area contributed by atoms with Gasteiger partial charge in [-0.25, -0.2) is 4.57 Å². The van der Waals surface area contributed by atoms with E-state index < -0.39 is 7.82 Å². The quantitative estimate of drug-likeness (QED) is 0.143. The third kappa shape index (κ3) is 13.5. The van der Waals surface area contributed by atoms with Gasteiger partial charge in [0.25, 0.3) is 0 Å². The lowest BCUT2D eigenvalue weighted by Gasteiger charge is -2.14. The van der Waals surface area contributed by atoms with E-state index in [0.29, 0.717) is 24.7 Å². The van der Waals surface area contributed by atoms with Gasteiger partial charge in [-0.2, -0.15) is 0 Å². The summed E-state index contributed by atoms with van der Waals surface area (Å²) in [5.74, 6) is 1.88. The van der Waals surface area contributed by atoms with Gasteiger partial charge < -0.3 is 18.5 Å². The Morgan fingerprint density at radius 1 is 0.543 bits per heavy atom. The number of hydrogen-bond donors (Lipinski definition) is 1. The molecule has 35 heavy (non-hydrogen) atoms. The highest BCUT2D eigenvalue weighted by Gasteiger charge is 2.25. The average Bonchev–Trinajstić information content (AvgIpc) is 2.84. The van der Waals surface area contributed by atoms with Crippen LogP contribution >= 0.6 is 7.82 Å². The van der Waals surface area contributed by atoms with Crippen LogP contribution in [0.25, 0.3) is 0 Å². The molecule has 0 atom stereocenters. The van der Waals surface area contributed by atoms with Gasteiger partial charge in [0.2, 0.25) is 0 Å². The van der Waals surface area contributed by atoms with E-state index in [-0.39, 0.29) is 11.5 Å². The van der Waals surface area contributed by atoms with Gasteiger partial charge in [-0.05, 0) is 61.4 Å². The number of ether oxygens (including phenoxy) is 2. The summed E-state index contributed by atoms with van der Waals surface area (Å²) in [5.41, 5.74) is 0. The molecule has 0 aliphatic carbocycles. The summed E-state index contributed by atoms with van der Waals surface area (Å²) in [5, 5.41) is 0. The molecule has 2 aromatic rings. The fraction of sp³-hybridized carbons (Fsp3) is 0.571. The summed E-state index contributed by atoms with van der Waals surface area (Å²) >= 11 is 0. The first-order valence-corrected chi connectivity index (χ1v) is 14.7. The van der Waals surface area contributed by atoms with Crippen LogP contribution in [0.1, 0.15) is 90.9 Å². The average molecular weight is 507 g/mol. The Morgan fingerprint density at radius 2 is 0.857 bits per heavy atom. The SMILES string of the molecule is CCCCCCCCOc1ccc(OP(=O)(O)Oc2ccc(OCCCCCCCC)cc2)cc1. The van der Waals surface area contributed by atoms with E-state index in [4.69, 9.17) is 18.5 Å². The monoisotopic (exact) mass is 506 g/mol. The lowest BCUT2D eigenvalue weighted by molar-refractivity contribution is 0.287. The Morgan fingerprint density at radius 3 is 1.23 bits per heavy atom.